The number of amides is 2. The zero-order valence-electron chi connectivity index (χ0n) is 18.8. The molecule has 0 spiro atoms. The lowest BCUT2D eigenvalue weighted by atomic mass is 9.93. The Morgan fingerprint density at radius 3 is 2.56 bits per heavy atom. The summed E-state index contributed by atoms with van der Waals surface area (Å²) < 4.78 is 13.8. The fourth-order valence-electron chi connectivity index (χ4n) is 3.94. The van der Waals surface area contributed by atoms with Crippen LogP contribution in [-0.2, 0) is 9.59 Å². The van der Waals surface area contributed by atoms with Crippen LogP contribution in [0.25, 0.3) is 0 Å². The van der Waals surface area contributed by atoms with Crippen molar-refractivity contribution in [2.24, 2.45) is 4.99 Å². The van der Waals surface area contributed by atoms with E-state index >= 15 is 0 Å². The number of thiazole rings is 1. The van der Waals surface area contributed by atoms with E-state index in [4.69, 9.17) is 16.6 Å². The molecule has 1 N–H and O–H groups in total. The molecule has 1 aromatic heterocycles. The second-order valence-electron chi connectivity index (χ2n) is 7.85. The van der Waals surface area contributed by atoms with Crippen LogP contribution in [-0.4, -0.2) is 27.5 Å². The highest BCUT2D eigenvalue weighted by Crippen LogP contribution is 2.39. The van der Waals surface area contributed by atoms with Crippen LogP contribution in [0.1, 0.15) is 48.9 Å². The summed E-state index contributed by atoms with van der Waals surface area (Å²) in [5.41, 5.74) is 3.72. The van der Waals surface area contributed by atoms with Crippen LogP contribution in [0.5, 0.6) is 0 Å². The molecule has 0 fully saturated rings. The van der Waals surface area contributed by atoms with Gasteiger partial charge >= 0.3 is 0 Å². The Labute approximate surface area is 205 Å². The highest BCUT2D eigenvalue weighted by atomic mass is 35.5. The second-order valence-corrected chi connectivity index (χ2v) is 9.14. The highest BCUT2D eigenvalue weighted by Gasteiger charge is 2.37. The van der Waals surface area contributed by atoms with Crippen LogP contribution in [0, 0.1) is 5.82 Å². The Bertz CT molecular complexity index is 1290. The lowest BCUT2D eigenvalue weighted by molar-refractivity contribution is -0.123. The summed E-state index contributed by atoms with van der Waals surface area (Å²) in [5.74, 6) is -0.816. The number of rotatable bonds is 5. The van der Waals surface area contributed by atoms with E-state index in [-0.39, 0.29) is 22.5 Å². The van der Waals surface area contributed by atoms with Gasteiger partial charge in [-0.1, -0.05) is 48.0 Å². The average molecular weight is 497 g/mol. The minimum Gasteiger partial charge on any atom is -0.346 e. The van der Waals surface area contributed by atoms with Crippen molar-refractivity contribution in [3.63, 3.8) is 0 Å². The van der Waals surface area contributed by atoms with E-state index in [9.17, 15) is 14.0 Å². The first-order chi connectivity index (χ1) is 16.3. The first kappa shape index (κ1) is 23.8. The standard InChI is InChI=1S/C25H22ClFN4O2S/c1-14(17-7-5-4-6-8-17)29-25(33)22-15(2)31(16(3)32)24(21-12-28-13-34-21)30-23(22)19-10-9-18(27)11-20(19)26/h4-14,23H,1-3H3,(H,29,33)/t14-,23-/m0/s1. The predicted octanol–water partition coefficient (Wildman–Crippen LogP) is 5.44. The van der Waals surface area contributed by atoms with E-state index in [1.54, 1.807) is 18.6 Å². The maximum Gasteiger partial charge on any atom is 0.251 e. The molecule has 0 bridgehead atoms. The van der Waals surface area contributed by atoms with Crippen molar-refractivity contribution in [2.45, 2.75) is 32.9 Å². The van der Waals surface area contributed by atoms with Gasteiger partial charge in [0.2, 0.25) is 5.91 Å². The molecule has 174 valence electrons. The fourth-order valence-corrected chi connectivity index (χ4v) is 4.82. The van der Waals surface area contributed by atoms with Crippen molar-refractivity contribution in [1.29, 1.82) is 0 Å². The third kappa shape index (κ3) is 4.64. The third-order valence-electron chi connectivity index (χ3n) is 5.58. The van der Waals surface area contributed by atoms with Gasteiger partial charge in [-0.15, -0.1) is 11.3 Å². The number of nitrogens with one attached hydrogen (secondary N) is 1. The topological polar surface area (TPSA) is 74.7 Å². The largest absolute Gasteiger partial charge is 0.346 e. The molecule has 9 heteroatoms. The summed E-state index contributed by atoms with van der Waals surface area (Å²) in [4.78, 5) is 37.2. The number of benzene rings is 2. The number of nitrogens with zero attached hydrogens (tertiary/aromatic N) is 3. The van der Waals surface area contributed by atoms with E-state index < -0.39 is 17.8 Å². The van der Waals surface area contributed by atoms with E-state index in [0.717, 1.165) is 5.56 Å². The number of hydrogen-bond donors (Lipinski definition) is 1. The van der Waals surface area contributed by atoms with E-state index in [1.807, 2.05) is 37.3 Å². The molecular formula is C25H22ClFN4O2S. The quantitative estimate of drug-likeness (QED) is 0.511. The first-order valence-corrected chi connectivity index (χ1v) is 11.8. The van der Waals surface area contributed by atoms with Crippen molar-refractivity contribution in [2.75, 3.05) is 0 Å². The molecule has 6 nitrogen and oxygen atoms in total. The van der Waals surface area contributed by atoms with Crippen LogP contribution in [0.2, 0.25) is 5.02 Å². The third-order valence-corrected chi connectivity index (χ3v) is 6.67. The summed E-state index contributed by atoms with van der Waals surface area (Å²) in [5, 5.41) is 3.15. The molecule has 2 atom stereocenters. The van der Waals surface area contributed by atoms with Gasteiger partial charge in [0.05, 0.1) is 22.0 Å². The summed E-state index contributed by atoms with van der Waals surface area (Å²) in [6.07, 6.45) is 1.61. The van der Waals surface area contributed by atoms with Gasteiger partial charge in [0.1, 0.15) is 11.9 Å². The van der Waals surface area contributed by atoms with Gasteiger partial charge in [-0.2, -0.15) is 0 Å². The molecule has 1 aliphatic heterocycles. The van der Waals surface area contributed by atoms with Crippen LogP contribution in [0.15, 0.2) is 76.5 Å². The SMILES string of the molecule is CC(=O)N1C(c2cncs2)=N[C@@H](c2ccc(F)cc2Cl)C(C(=O)N[C@@H](C)c2ccccc2)=C1C. The minimum absolute atomic E-state index is 0.142. The molecule has 0 unspecified atom stereocenters. The number of aliphatic imine (C=N–C) groups is 1. The summed E-state index contributed by atoms with van der Waals surface area (Å²) in [6, 6.07) is 12.4. The number of carbonyl (C=O) groups is 2. The lowest BCUT2D eigenvalue weighted by Crippen LogP contribution is -2.42. The Kier molecular flexibility index (Phi) is 6.90. The smallest absolute Gasteiger partial charge is 0.251 e. The molecule has 2 heterocycles. The maximum absolute atomic E-state index is 13.8. The van der Waals surface area contributed by atoms with Crippen molar-refractivity contribution in [3.05, 3.63) is 98.4 Å². The number of amidine groups is 1. The van der Waals surface area contributed by atoms with E-state index in [2.05, 4.69) is 10.3 Å². The summed E-state index contributed by atoms with van der Waals surface area (Å²) >= 11 is 7.72. The van der Waals surface area contributed by atoms with Crippen LogP contribution in [0.4, 0.5) is 4.39 Å². The lowest BCUT2D eigenvalue weighted by Gasteiger charge is -2.33. The Hall–Kier alpha value is -3.36. The van der Waals surface area contributed by atoms with Crippen molar-refractivity contribution in [3.8, 4) is 0 Å². The molecular weight excluding hydrogens is 475 g/mol. The number of allylic oxidation sites excluding steroid dienone is 1. The molecule has 2 amide bonds. The van der Waals surface area contributed by atoms with Crippen LogP contribution in [0.3, 0.4) is 0 Å². The Balaban J connectivity index is 1.83. The van der Waals surface area contributed by atoms with Crippen molar-refractivity contribution < 1.29 is 14.0 Å². The summed E-state index contributed by atoms with van der Waals surface area (Å²) in [7, 11) is 0. The van der Waals surface area contributed by atoms with Crippen molar-refractivity contribution >= 4 is 40.6 Å². The van der Waals surface area contributed by atoms with Crippen molar-refractivity contribution in [1.82, 2.24) is 15.2 Å². The van der Waals surface area contributed by atoms with Gasteiger partial charge < -0.3 is 5.32 Å². The zero-order chi connectivity index (χ0) is 24.4. The molecule has 2 aromatic carbocycles. The minimum atomic E-state index is -0.844. The first-order valence-electron chi connectivity index (χ1n) is 10.6. The molecule has 1 aliphatic rings. The van der Waals surface area contributed by atoms with E-state index in [0.29, 0.717) is 22.0 Å². The highest BCUT2D eigenvalue weighted by molar-refractivity contribution is 7.11. The second kappa shape index (κ2) is 9.87. The molecule has 34 heavy (non-hydrogen) atoms. The van der Waals surface area contributed by atoms with Crippen LogP contribution < -0.4 is 5.32 Å². The van der Waals surface area contributed by atoms with Gasteiger partial charge in [-0.05, 0) is 31.5 Å². The molecule has 0 saturated heterocycles. The average Bonchev–Trinajstić information content (AvgIpc) is 3.33. The van der Waals surface area contributed by atoms with Crippen LogP contribution >= 0.6 is 22.9 Å². The van der Waals surface area contributed by atoms with Gasteiger partial charge in [-0.25, -0.2) is 4.39 Å². The zero-order valence-corrected chi connectivity index (χ0v) is 20.3. The molecule has 0 radical (unpaired) electrons. The van der Waals surface area contributed by atoms with Gasteiger partial charge in [0.15, 0.2) is 5.84 Å². The monoisotopic (exact) mass is 496 g/mol. The predicted molar refractivity (Wildman–Crippen MR) is 131 cm³/mol. The fraction of sp³-hybridized carbons (Fsp3) is 0.200. The molecule has 0 aliphatic carbocycles. The Morgan fingerprint density at radius 2 is 1.94 bits per heavy atom. The van der Waals surface area contributed by atoms with Gasteiger partial charge in [-0.3, -0.25) is 24.5 Å². The molecule has 0 saturated carbocycles. The maximum atomic E-state index is 13.8. The number of carbonyl (C=O) groups excluding carboxylic acids is 2. The molecule has 4 rings (SSSR count). The normalized spacial score (nSPS) is 16.8. The van der Waals surface area contributed by atoms with Gasteiger partial charge in [0, 0.05) is 29.4 Å². The summed E-state index contributed by atoms with van der Waals surface area (Å²) in [6.45, 7) is 4.98. The Morgan fingerprint density at radius 1 is 1.21 bits per heavy atom. The number of halogens is 2. The number of hydrogen-bond acceptors (Lipinski definition) is 5. The van der Waals surface area contributed by atoms with E-state index in [1.165, 1.54) is 41.4 Å². The van der Waals surface area contributed by atoms with Gasteiger partial charge in [0.25, 0.3) is 5.91 Å². The number of aromatic nitrogens is 1. The molecule has 3 aromatic rings.